The molecule has 1 atom stereocenters. The van der Waals surface area contributed by atoms with Crippen LogP contribution in [-0.2, 0) is 0 Å². The van der Waals surface area contributed by atoms with Crippen LogP contribution in [-0.4, -0.2) is 15.6 Å². The van der Waals surface area contributed by atoms with Gasteiger partial charge in [0, 0.05) is 22.6 Å². The van der Waals surface area contributed by atoms with Crippen molar-refractivity contribution in [2.75, 3.05) is 5.32 Å². The molecule has 0 unspecified atom stereocenters. The molecule has 5 nitrogen and oxygen atoms in total. The minimum Gasteiger partial charge on any atom is -0.339 e. The normalized spacial score (nSPS) is 16.7. The lowest BCUT2D eigenvalue weighted by Gasteiger charge is -2.25. The monoisotopic (exact) mass is 391 g/mol. The minimum absolute atomic E-state index is 0.0283. The average molecular weight is 391 g/mol. The van der Waals surface area contributed by atoms with E-state index in [1.165, 1.54) is 4.68 Å². The summed E-state index contributed by atoms with van der Waals surface area (Å²) in [4.78, 5) is 26.9. The number of carbonyl (C=O) groups is 1. The quantitative estimate of drug-likeness (QED) is 0.534. The second kappa shape index (κ2) is 6.19. The van der Waals surface area contributed by atoms with Crippen molar-refractivity contribution in [1.82, 2.24) is 9.78 Å². The molecule has 1 aromatic heterocycles. The number of benzene rings is 3. The molecule has 144 valence electrons. The van der Waals surface area contributed by atoms with Crippen molar-refractivity contribution in [3.8, 4) is 5.69 Å². The highest BCUT2D eigenvalue weighted by Gasteiger charge is 2.42. The van der Waals surface area contributed by atoms with E-state index in [-0.39, 0.29) is 11.3 Å². The maximum Gasteiger partial charge on any atom is 0.277 e. The van der Waals surface area contributed by atoms with Gasteiger partial charge in [0.2, 0.25) is 0 Å². The fourth-order valence-corrected chi connectivity index (χ4v) is 4.53. The lowest BCUT2D eigenvalue weighted by molar-refractivity contribution is 0.103. The molecule has 0 saturated carbocycles. The Morgan fingerprint density at radius 2 is 1.37 bits per heavy atom. The van der Waals surface area contributed by atoms with E-state index in [4.69, 9.17) is 0 Å². The van der Waals surface area contributed by atoms with E-state index in [1.54, 1.807) is 0 Å². The maximum absolute atomic E-state index is 13.5. The SMILES string of the molecule is O=C1C2=C(Nc3[nH]n(-c4ccccc4)c(=O)c3[C@@H]2c2ccccc2)c2ccccc21. The van der Waals surface area contributed by atoms with E-state index >= 15 is 0 Å². The van der Waals surface area contributed by atoms with Crippen molar-refractivity contribution in [3.63, 3.8) is 0 Å². The maximum atomic E-state index is 13.5. The highest BCUT2D eigenvalue weighted by atomic mass is 16.1. The number of rotatable bonds is 2. The number of nitrogens with zero attached hydrogens (tertiary/aromatic N) is 1. The summed E-state index contributed by atoms with van der Waals surface area (Å²) in [6, 6.07) is 26.8. The molecule has 0 bridgehead atoms. The largest absolute Gasteiger partial charge is 0.339 e. The van der Waals surface area contributed by atoms with Gasteiger partial charge in [-0.25, -0.2) is 4.68 Å². The average Bonchev–Trinajstić information content (AvgIpc) is 3.28. The van der Waals surface area contributed by atoms with Crippen LogP contribution in [0.3, 0.4) is 0 Å². The molecule has 5 heteroatoms. The number of ketones is 1. The first-order chi connectivity index (χ1) is 14.7. The summed E-state index contributed by atoms with van der Waals surface area (Å²) in [5.41, 5.74) is 5.02. The molecular weight excluding hydrogens is 374 g/mol. The number of para-hydroxylation sites is 1. The summed E-state index contributed by atoms with van der Waals surface area (Å²) < 4.78 is 1.53. The molecule has 0 fully saturated rings. The van der Waals surface area contributed by atoms with E-state index in [0.717, 1.165) is 22.5 Å². The Balaban J connectivity index is 1.63. The molecule has 6 rings (SSSR count). The fourth-order valence-electron chi connectivity index (χ4n) is 4.53. The van der Waals surface area contributed by atoms with Crippen LogP contribution in [0, 0.1) is 0 Å². The Morgan fingerprint density at radius 1 is 0.733 bits per heavy atom. The number of allylic oxidation sites excluding steroid dienone is 1. The Bertz CT molecular complexity index is 1400. The van der Waals surface area contributed by atoms with Crippen molar-refractivity contribution < 1.29 is 4.79 Å². The Morgan fingerprint density at radius 3 is 2.10 bits per heavy atom. The predicted octanol–water partition coefficient (Wildman–Crippen LogP) is 4.33. The van der Waals surface area contributed by atoms with Gasteiger partial charge in [-0.15, -0.1) is 0 Å². The third kappa shape index (κ3) is 2.23. The Kier molecular flexibility index (Phi) is 3.47. The van der Waals surface area contributed by atoms with Crippen LogP contribution in [0.4, 0.5) is 5.82 Å². The smallest absolute Gasteiger partial charge is 0.277 e. The zero-order valence-electron chi connectivity index (χ0n) is 15.9. The number of anilines is 1. The van der Waals surface area contributed by atoms with Gasteiger partial charge in [0.25, 0.3) is 5.56 Å². The van der Waals surface area contributed by atoms with Crippen molar-refractivity contribution in [3.05, 3.63) is 123 Å². The summed E-state index contributed by atoms with van der Waals surface area (Å²) in [5.74, 6) is 0.159. The number of Topliss-reactive ketones (excluding diaryl/α,β-unsaturated/α-hetero) is 1. The molecule has 1 aliphatic heterocycles. The molecule has 1 aliphatic carbocycles. The lowest BCUT2D eigenvalue weighted by atomic mass is 9.82. The van der Waals surface area contributed by atoms with E-state index in [0.29, 0.717) is 22.5 Å². The molecular formula is C25H17N3O2. The van der Waals surface area contributed by atoms with Crippen LogP contribution in [0.5, 0.6) is 0 Å². The summed E-state index contributed by atoms with van der Waals surface area (Å²) in [7, 11) is 0. The zero-order chi connectivity index (χ0) is 20.2. The van der Waals surface area contributed by atoms with Gasteiger partial charge in [0.15, 0.2) is 5.78 Å². The van der Waals surface area contributed by atoms with Gasteiger partial charge < -0.3 is 5.32 Å². The number of fused-ring (bicyclic) bond motifs is 3. The van der Waals surface area contributed by atoms with E-state index in [9.17, 15) is 9.59 Å². The van der Waals surface area contributed by atoms with Crippen molar-refractivity contribution >= 4 is 17.3 Å². The molecule has 2 heterocycles. The standard InChI is InChI=1S/C25H17N3O2/c29-23-18-14-8-7-13-17(18)22-20(23)19(15-9-3-1-4-10-15)21-24(26-22)27-28(25(21)30)16-11-5-2-6-12-16/h1-14,19,26-27H/t19-/m1/s1. The highest BCUT2D eigenvalue weighted by Crippen LogP contribution is 2.47. The Hall–Kier alpha value is -4.12. The van der Waals surface area contributed by atoms with Gasteiger partial charge in [-0.05, 0) is 17.7 Å². The number of carbonyl (C=O) groups excluding carboxylic acids is 1. The lowest BCUT2D eigenvalue weighted by Crippen LogP contribution is -2.25. The first-order valence-corrected chi connectivity index (χ1v) is 9.84. The topological polar surface area (TPSA) is 66.9 Å². The summed E-state index contributed by atoms with van der Waals surface area (Å²) >= 11 is 0. The highest BCUT2D eigenvalue weighted by molar-refractivity contribution is 6.23. The number of hydrogen-bond acceptors (Lipinski definition) is 3. The molecule has 2 N–H and O–H groups in total. The number of H-pyrrole nitrogens is 1. The molecule has 4 aromatic rings. The van der Waals surface area contributed by atoms with Crippen LogP contribution in [0.15, 0.2) is 95.3 Å². The third-order valence-corrected chi connectivity index (χ3v) is 5.86. The predicted molar refractivity (Wildman–Crippen MR) is 116 cm³/mol. The van der Waals surface area contributed by atoms with E-state index < -0.39 is 5.92 Å². The summed E-state index contributed by atoms with van der Waals surface area (Å²) in [6.45, 7) is 0. The van der Waals surface area contributed by atoms with Gasteiger partial charge in [0.1, 0.15) is 5.82 Å². The van der Waals surface area contributed by atoms with E-state index in [2.05, 4.69) is 10.4 Å². The van der Waals surface area contributed by atoms with Gasteiger partial charge >= 0.3 is 0 Å². The molecule has 3 aromatic carbocycles. The van der Waals surface area contributed by atoms with Crippen molar-refractivity contribution in [1.29, 1.82) is 0 Å². The van der Waals surface area contributed by atoms with Crippen molar-refractivity contribution in [2.45, 2.75) is 5.92 Å². The molecule has 0 radical (unpaired) electrons. The van der Waals surface area contributed by atoms with Crippen molar-refractivity contribution in [2.24, 2.45) is 0 Å². The Labute approximate surface area is 172 Å². The number of nitrogens with one attached hydrogen (secondary N) is 2. The van der Waals surface area contributed by atoms with Crippen LogP contribution in [0.2, 0.25) is 0 Å². The van der Waals surface area contributed by atoms with Gasteiger partial charge in [-0.3, -0.25) is 14.7 Å². The molecule has 2 aliphatic rings. The third-order valence-electron chi connectivity index (χ3n) is 5.86. The van der Waals surface area contributed by atoms with E-state index in [1.807, 2.05) is 84.9 Å². The molecule has 0 amide bonds. The number of hydrogen-bond donors (Lipinski definition) is 2. The summed E-state index contributed by atoms with van der Waals surface area (Å²) in [5, 5.41) is 6.58. The van der Waals surface area contributed by atoms with Crippen LogP contribution < -0.4 is 10.9 Å². The molecule has 30 heavy (non-hydrogen) atoms. The second-order valence-electron chi connectivity index (χ2n) is 7.51. The fraction of sp³-hybridized carbons (Fsp3) is 0.0400. The van der Waals surface area contributed by atoms with Crippen LogP contribution >= 0.6 is 0 Å². The first-order valence-electron chi connectivity index (χ1n) is 9.84. The van der Waals surface area contributed by atoms with Crippen LogP contribution in [0.1, 0.15) is 33.0 Å². The number of aromatic amines is 1. The van der Waals surface area contributed by atoms with Gasteiger partial charge in [0.05, 0.1) is 16.9 Å². The van der Waals surface area contributed by atoms with Gasteiger partial charge in [-0.1, -0.05) is 72.8 Å². The molecule has 0 spiro atoms. The minimum atomic E-state index is -0.439. The first kappa shape index (κ1) is 16.8. The number of aromatic nitrogens is 2. The molecule has 0 saturated heterocycles. The summed E-state index contributed by atoms with van der Waals surface area (Å²) in [6.07, 6.45) is 0. The second-order valence-corrected chi connectivity index (χ2v) is 7.51. The van der Waals surface area contributed by atoms with Gasteiger partial charge in [-0.2, -0.15) is 0 Å². The van der Waals surface area contributed by atoms with Crippen LogP contribution in [0.25, 0.3) is 11.4 Å². The zero-order valence-corrected chi connectivity index (χ0v) is 15.9.